The first-order valence-electron chi connectivity index (χ1n) is 10.6. The summed E-state index contributed by atoms with van der Waals surface area (Å²) in [7, 11) is 0. The van der Waals surface area contributed by atoms with Gasteiger partial charge in [0.05, 0.1) is 23.6 Å². The standard InChI is InChI=1S/C22H27ClN6O2/c23-18-4-2-1-3-16(18)13-28-11-8-22(7-10-24,9-12-28)29-14-17(19(25)30)20(27-29)26-21(31)15-5-6-15/h1-4,14-15,19,30H,5-9,11-13,25H2,(H,26,27,31). The smallest absolute Gasteiger partial charge is 0.228 e. The molecule has 1 aliphatic carbocycles. The number of hydrogen-bond acceptors (Lipinski definition) is 6. The van der Waals surface area contributed by atoms with Gasteiger partial charge in [-0.2, -0.15) is 10.4 Å². The molecule has 1 aromatic heterocycles. The second kappa shape index (κ2) is 8.97. The minimum absolute atomic E-state index is 0.00837. The summed E-state index contributed by atoms with van der Waals surface area (Å²) in [4.78, 5) is 14.5. The number of aromatic nitrogens is 2. The van der Waals surface area contributed by atoms with E-state index < -0.39 is 11.8 Å². The van der Waals surface area contributed by atoms with Gasteiger partial charge in [0.1, 0.15) is 6.23 Å². The SMILES string of the molecule is N#CCC1(n2cc(C(N)O)c(NC(=O)C3CC3)n2)CCN(Cc2ccccc2Cl)CC1. The molecule has 1 saturated carbocycles. The number of amides is 1. The number of nitriles is 1. The Morgan fingerprint density at radius 1 is 1.39 bits per heavy atom. The van der Waals surface area contributed by atoms with Gasteiger partial charge in [0.15, 0.2) is 5.82 Å². The van der Waals surface area contributed by atoms with Gasteiger partial charge in [0.2, 0.25) is 5.91 Å². The lowest BCUT2D eigenvalue weighted by Crippen LogP contribution is -2.46. The summed E-state index contributed by atoms with van der Waals surface area (Å²) in [5.41, 5.74) is 6.66. The van der Waals surface area contributed by atoms with Crippen molar-refractivity contribution in [1.29, 1.82) is 5.26 Å². The lowest BCUT2D eigenvalue weighted by molar-refractivity contribution is -0.117. The van der Waals surface area contributed by atoms with Crippen molar-refractivity contribution in [1.82, 2.24) is 14.7 Å². The molecule has 0 bridgehead atoms. The van der Waals surface area contributed by atoms with E-state index in [4.69, 9.17) is 17.3 Å². The fraction of sp³-hybridized carbons (Fsp3) is 0.500. The zero-order valence-corrected chi connectivity index (χ0v) is 18.1. The van der Waals surface area contributed by atoms with Crippen molar-refractivity contribution in [2.75, 3.05) is 18.4 Å². The van der Waals surface area contributed by atoms with E-state index in [1.807, 2.05) is 24.3 Å². The first-order chi connectivity index (χ1) is 14.9. The van der Waals surface area contributed by atoms with Gasteiger partial charge in [-0.05, 0) is 37.3 Å². The van der Waals surface area contributed by atoms with E-state index in [-0.39, 0.29) is 24.1 Å². The molecule has 2 aromatic rings. The molecule has 164 valence electrons. The fourth-order valence-electron chi connectivity index (χ4n) is 4.14. The van der Waals surface area contributed by atoms with Gasteiger partial charge in [0.25, 0.3) is 0 Å². The van der Waals surface area contributed by atoms with Crippen LogP contribution in [0.2, 0.25) is 5.02 Å². The summed E-state index contributed by atoms with van der Waals surface area (Å²) < 4.78 is 1.73. The quantitative estimate of drug-likeness (QED) is 0.567. The van der Waals surface area contributed by atoms with Crippen LogP contribution in [-0.2, 0) is 16.9 Å². The first kappa shape index (κ1) is 21.8. The van der Waals surface area contributed by atoms with Gasteiger partial charge in [-0.3, -0.25) is 14.4 Å². The Labute approximate surface area is 186 Å². The highest BCUT2D eigenvalue weighted by atomic mass is 35.5. The number of aliphatic hydroxyl groups is 1. The van der Waals surface area contributed by atoms with E-state index in [0.29, 0.717) is 18.4 Å². The molecule has 1 aromatic carbocycles. The van der Waals surface area contributed by atoms with Gasteiger partial charge >= 0.3 is 0 Å². The molecule has 1 amide bonds. The van der Waals surface area contributed by atoms with Crippen LogP contribution in [0.15, 0.2) is 30.5 Å². The molecule has 1 atom stereocenters. The van der Waals surface area contributed by atoms with Crippen LogP contribution in [0.4, 0.5) is 5.82 Å². The molecule has 2 heterocycles. The molecule has 1 saturated heterocycles. The molecule has 8 nitrogen and oxygen atoms in total. The Morgan fingerprint density at radius 3 is 2.71 bits per heavy atom. The van der Waals surface area contributed by atoms with Crippen LogP contribution < -0.4 is 11.1 Å². The van der Waals surface area contributed by atoms with E-state index >= 15 is 0 Å². The van der Waals surface area contributed by atoms with Crippen LogP contribution in [0, 0.1) is 17.2 Å². The van der Waals surface area contributed by atoms with Gasteiger partial charge in [-0.25, -0.2) is 0 Å². The molecule has 4 N–H and O–H groups in total. The maximum atomic E-state index is 12.2. The highest BCUT2D eigenvalue weighted by Crippen LogP contribution is 2.37. The largest absolute Gasteiger partial charge is 0.374 e. The maximum Gasteiger partial charge on any atom is 0.228 e. The Kier molecular flexibility index (Phi) is 6.30. The molecule has 0 spiro atoms. The molecule has 1 unspecified atom stereocenters. The zero-order valence-electron chi connectivity index (χ0n) is 17.3. The van der Waals surface area contributed by atoms with Gasteiger partial charge in [-0.1, -0.05) is 29.8 Å². The number of halogens is 1. The van der Waals surface area contributed by atoms with Crippen LogP contribution in [0.1, 0.15) is 49.5 Å². The van der Waals surface area contributed by atoms with E-state index in [2.05, 4.69) is 21.4 Å². The van der Waals surface area contributed by atoms with Gasteiger partial charge < -0.3 is 16.2 Å². The Balaban J connectivity index is 1.52. The molecule has 9 heteroatoms. The fourth-order valence-corrected chi connectivity index (χ4v) is 4.33. The molecule has 0 radical (unpaired) electrons. The minimum atomic E-state index is -1.26. The third-order valence-corrected chi connectivity index (χ3v) is 6.65. The number of nitrogens with two attached hydrogens (primary N) is 1. The Morgan fingerprint density at radius 2 is 2.10 bits per heavy atom. The van der Waals surface area contributed by atoms with E-state index in [9.17, 15) is 15.2 Å². The van der Waals surface area contributed by atoms with Gasteiger partial charge in [0, 0.05) is 36.8 Å². The molecular formula is C22H27ClN6O2. The normalized spacial score (nSPS) is 19.5. The predicted octanol–water partition coefficient (Wildman–Crippen LogP) is 2.74. The van der Waals surface area contributed by atoms with Crippen molar-refractivity contribution in [3.8, 4) is 6.07 Å². The third kappa shape index (κ3) is 4.75. The predicted molar refractivity (Wildman–Crippen MR) is 117 cm³/mol. The summed E-state index contributed by atoms with van der Waals surface area (Å²) in [5, 5.41) is 27.7. The van der Waals surface area contributed by atoms with Crippen LogP contribution in [0.25, 0.3) is 0 Å². The van der Waals surface area contributed by atoms with Crippen molar-refractivity contribution >= 4 is 23.3 Å². The third-order valence-electron chi connectivity index (χ3n) is 6.28. The summed E-state index contributed by atoms with van der Waals surface area (Å²) >= 11 is 6.31. The summed E-state index contributed by atoms with van der Waals surface area (Å²) in [6.07, 6.45) is 3.85. The number of rotatable bonds is 7. The average molecular weight is 443 g/mol. The van der Waals surface area contributed by atoms with E-state index in [1.165, 1.54) is 0 Å². The first-order valence-corrected chi connectivity index (χ1v) is 11.0. The number of piperidine rings is 1. The van der Waals surface area contributed by atoms with Crippen LogP contribution in [0.5, 0.6) is 0 Å². The Hall–Kier alpha value is -2.44. The van der Waals surface area contributed by atoms with Crippen LogP contribution >= 0.6 is 11.6 Å². The number of benzene rings is 1. The van der Waals surface area contributed by atoms with Crippen molar-refractivity contribution in [3.05, 3.63) is 46.6 Å². The van der Waals surface area contributed by atoms with Crippen LogP contribution in [0.3, 0.4) is 0 Å². The van der Waals surface area contributed by atoms with E-state index in [1.54, 1.807) is 10.9 Å². The minimum Gasteiger partial charge on any atom is -0.374 e. The highest BCUT2D eigenvalue weighted by Gasteiger charge is 2.39. The number of nitrogens with zero attached hydrogens (tertiary/aromatic N) is 4. The molecule has 2 fully saturated rings. The number of hydrogen-bond donors (Lipinski definition) is 3. The topological polar surface area (TPSA) is 120 Å². The lowest BCUT2D eigenvalue weighted by atomic mass is 9.84. The van der Waals surface area contributed by atoms with Crippen LogP contribution in [-0.4, -0.2) is 38.8 Å². The summed E-state index contributed by atoms with van der Waals surface area (Å²) in [6.45, 7) is 2.30. The average Bonchev–Trinajstić information content (AvgIpc) is 3.51. The van der Waals surface area contributed by atoms with Crippen molar-refractivity contribution < 1.29 is 9.90 Å². The lowest BCUT2D eigenvalue weighted by Gasteiger charge is -2.41. The molecule has 4 rings (SSSR count). The second-order valence-electron chi connectivity index (χ2n) is 8.51. The summed E-state index contributed by atoms with van der Waals surface area (Å²) in [6, 6.07) is 10.1. The Bertz CT molecular complexity index is 986. The second-order valence-corrected chi connectivity index (χ2v) is 8.92. The zero-order chi connectivity index (χ0) is 22.0. The molecule has 31 heavy (non-hydrogen) atoms. The monoisotopic (exact) mass is 442 g/mol. The van der Waals surface area contributed by atoms with Gasteiger partial charge in [-0.15, -0.1) is 0 Å². The van der Waals surface area contributed by atoms with Crippen molar-refractivity contribution in [3.63, 3.8) is 0 Å². The number of anilines is 1. The molecule has 1 aliphatic heterocycles. The number of carbonyl (C=O) groups is 1. The highest BCUT2D eigenvalue weighted by molar-refractivity contribution is 6.31. The molecule has 2 aliphatic rings. The van der Waals surface area contributed by atoms with E-state index in [0.717, 1.165) is 43.1 Å². The maximum absolute atomic E-state index is 12.2. The number of aliphatic hydroxyl groups excluding tert-OH is 1. The molecular weight excluding hydrogens is 416 g/mol. The van der Waals surface area contributed by atoms with Crippen molar-refractivity contribution in [2.45, 2.75) is 50.4 Å². The van der Waals surface area contributed by atoms with Crippen molar-refractivity contribution in [2.24, 2.45) is 11.7 Å². The number of nitrogens with one attached hydrogen (secondary N) is 1. The number of carbonyl (C=O) groups excluding carboxylic acids is 1. The number of likely N-dealkylation sites (tertiary alicyclic amines) is 1. The summed E-state index contributed by atoms with van der Waals surface area (Å²) in [5.74, 6) is 0.188.